The third-order valence-corrected chi connectivity index (χ3v) is 5.91. The van der Waals surface area contributed by atoms with E-state index in [2.05, 4.69) is 10.4 Å². The molecule has 2 heterocycles. The van der Waals surface area contributed by atoms with Crippen LogP contribution < -0.4 is 10.1 Å². The van der Waals surface area contributed by atoms with Gasteiger partial charge in [0.05, 0.1) is 19.2 Å². The molecular weight excluding hydrogens is 428 g/mol. The highest BCUT2D eigenvalue weighted by atomic mass is 35.5. The van der Waals surface area contributed by atoms with Crippen LogP contribution in [0, 0.1) is 5.92 Å². The summed E-state index contributed by atoms with van der Waals surface area (Å²) in [5.74, 6) is 0.215. The molecule has 0 atom stereocenters. The Kier molecular flexibility index (Phi) is 6.75. The van der Waals surface area contributed by atoms with Gasteiger partial charge >= 0.3 is 0 Å². The number of anilines is 1. The van der Waals surface area contributed by atoms with Crippen molar-refractivity contribution in [1.29, 1.82) is 0 Å². The van der Waals surface area contributed by atoms with E-state index in [9.17, 15) is 9.59 Å². The van der Waals surface area contributed by atoms with E-state index in [4.69, 9.17) is 16.3 Å². The van der Waals surface area contributed by atoms with E-state index in [-0.39, 0.29) is 17.7 Å². The van der Waals surface area contributed by atoms with Crippen molar-refractivity contribution in [2.45, 2.75) is 19.4 Å². The summed E-state index contributed by atoms with van der Waals surface area (Å²) in [5, 5.41) is 7.68. The predicted molar refractivity (Wildman–Crippen MR) is 123 cm³/mol. The molecule has 1 aromatic heterocycles. The maximum Gasteiger partial charge on any atom is 0.257 e. The van der Waals surface area contributed by atoms with E-state index < -0.39 is 0 Å². The maximum absolute atomic E-state index is 12.9. The molecular formula is C24H25ClN4O3. The third kappa shape index (κ3) is 5.11. The first kappa shape index (κ1) is 21.9. The lowest BCUT2D eigenvalue weighted by molar-refractivity contribution is -0.121. The van der Waals surface area contributed by atoms with Crippen LogP contribution in [0.25, 0.3) is 0 Å². The van der Waals surface area contributed by atoms with Crippen LogP contribution in [0.2, 0.25) is 5.02 Å². The molecule has 0 bridgehead atoms. The number of methoxy groups -OCH3 is 1. The molecule has 7 nitrogen and oxygen atoms in total. The van der Waals surface area contributed by atoms with Crippen LogP contribution in [0.5, 0.6) is 5.75 Å². The number of piperidine rings is 1. The van der Waals surface area contributed by atoms with Crippen LogP contribution in [-0.2, 0) is 11.3 Å². The number of rotatable bonds is 6. The molecule has 4 rings (SSSR count). The maximum atomic E-state index is 12.9. The van der Waals surface area contributed by atoms with Crippen molar-refractivity contribution >= 4 is 29.1 Å². The van der Waals surface area contributed by atoms with Crippen molar-refractivity contribution in [3.05, 3.63) is 77.1 Å². The zero-order chi connectivity index (χ0) is 22.5. The van der Waals surface area contributed by atoms with Gasteiger partial charge < -0.3 is 15.0 Å². The number of carbonyl (C=O) groups excluding carboxylic acids is 2. The monoisotopic (exact) mass is 452 g/mol. The molecule has 2 aromatic carbocycles. The van der Waals surface area contributed by atoms with Crippen LogP contribution in [-0.4, -0.2) is 46.7 Å². The second-order valence-electron chi connectivity index (χ2n) is 7.80. The van der Waals surface area contributed by atoms with Gasteiger partial charge in [-0.15, -0.1) is 0 Å². The Morgan fingerprint density at radius 2 is 1.91 bits per heavy atom. The fraction of sp³-hybridized carbons (Fsp3) is 0.292. The minimum Gasteiger partial charge on any atom is -0.496 e. The largest absolute Gasteiger partial charge is 0.496 e. The first-order chi connectivity index (χ1) is 15.5. The molecule has 1 N–H and O–H groups in total. The average Bonchev–Trinajstić information content (AvgIpc) is 3.33. The summed E-state index contributed by atoms with van der Waals surface area (Å²) in [6, 6.07) is 14.7. The number of hydrogen-bond donors (Lipinski definition) is 1. The molecule has 0 spiro atoms. The van der Waals surface area contributed by atoms with Crippen molar-refractivity contribution in [2.75, 3.05) is 25.5 Å². The molecule has 3 aromatic rings. The van der Waals surface area contributed by atoms with E-state index in [1.165, 1.54) is 7.11 Å². The summed E-state index contributed by atoms with van der Waals surface area (Å²) >= 11 is 6.06. The average molecular weight is 453 g/mol. The van der Waals surface area contributed by atoms with Gasteiger partial charge in [0.15, 0.2) is 0 Å². The number of aromatic nitrogens is 2. The minimum atomic E-state index is -0.135. The van der Waals surface area contributed by atoms with E-state index in [1.807, 2.05) is 41.2 Å². The van der Waals surface area contributed by atoms with Crippen LogP contribution in [0.3, 0.4) is 0 Å². The van der Waals surface area contributed by atoms with Crippen LogP contribution in [0.4, 0.5) is 5.69 Å². The van der Waals surface area contributed by atoms with E-state index in [1.54, 1.807) is 29.3 Å². The molecule has 1 saturated heterocycles. The minimum absolute atomic E-state index is 0.0164. The van der Waals surface area contributed by atoms with Gasteiger partial charge in [-0.3, -0.25) is 14.3 Å². The van der Waals surface area contributed by atoms with Crippen molar-refractivity contribution in [2.24, 2.45) is 5.92 Å². The number of nitrogens with zero attached hydrogens (tertiary/aromatic N) is 3. The summed E-state index contributed by atoms with van der Waals surface area (Å²) in [6.45, 7) is 1.70. The Morgan fingerprint density at radius 1 is 1.16 bits per heavy atom. The van der Waals surface area contributed by atoms with Crippen LogP contribution in [0.15, 0.2) is 60.9 Å². The summed E-state index contributed by atoms with van der Waals surface area (Å²) in [5.41, 5.74) is 2.31. The van der Waals surface area contributed by atoms with E-state index in [0.717, 1.165) is 11.3 Å². The topological polar surface area (TPSA) is 76.5 Å². The van der Waals surface area contributed by atoms with Crippen molar-refractivity contribution < 1.29 is 14.3 Å². The van der Waals surface area contributed by atoms with Gasteiger partial charge in [-0.2, -0.15) is 5.10 Å². The first-order valence-corrected chi connectivity index (χ1v) is 10.9. The van der Waals surface area contributed by atoms with E-state index in [0.29, 0.717) is 48.8 Å². The fourth-order valence-electron chi connectivity index (χ4n) is 3.88. The molecule has 0 radical (unpaired) electrons. The molecule has 166 valence electrons. The van der Waals surface area contributed by atoms with Gasteiger partial charge in [0.25, 0.3) is 5.91 Å². The zero-order valence-electron chi connectivity index (χ0n) is 17.8. The molecule has 0 aliphatic carbocycles. The van der Waals surface area contributed by atoms with Gasteiger partial charge in [-0.05, 0) is 54.8 Å². The second-order valence-corrected chi connectivity index (χ2v) is 8.24. The number of carbonyl (C=O) groups is 2. The van der Waals surface area contributed by atoms with Gasteiger partial charge in [-0.1, -0.05) is 23.7 Å². The quantitative estimate of drug-likeness (QED) is 0.611. The van der Waals surface area contributed by atoms with Gasteiger partial charge in [0, 0.05) is 42.1 Å². The number of likely N-dealkylation sites (tertiary alicyclic amines) is 1. The van der Waals surface area contributed by atoms with Crippen molar-refractivity contribution in [3.63, 3.8) is 0 Å². The normalized spacial score (nSPS) is 14.2. The zero-order valence-corrected chi connectivity index (χ0v) is 18.6. The summed E-state index contributed by atoms with van der Waals surface area (Å²) < 4.78 is 7.15. The number of halogens is 1. The number of amides is 2. The van der Waals surface area contributed by atoms with Gasteiger partial charge in [-0.25, -0.2) is 0 Å². The lowest BCUT2D eigenvalue weighted by Gasteiger charge is -2.31. The van der Waals surface area contributed by atoms with Crippen molar-refractivity contribution in [1.82, 2.24) is 14.7 Å². The Balaban J connectivity index is 1.31. The fourth-order valence-corrected chi connectivity index (χ4v) is 4.05. The van der Waals surface area contributed by atoms with Gasteiger partial charge in [0.2, 0.25) is 5.91 Å². The molecule has 0 saturated carbocycles. The summed E-state index contributed by atoms with van der Waals surface area (Å²) in [4.78, 5) is 27.4. The highest BCUT2D eigenvalue weighted by Crippen LogP contribution is 2.27. The Labute approximate surface area is 191 Å². The second kappa shape index (κ2) is 9.87. The molecule has 8 heteroatoms. The third-order valence-electron chi connectivity index (χ3n) is 5.67. The number of hydrogen-bond acceptors (Lipinski definition) is 4. The van der Waals surface area contributed by atoms with Crippen LogP contribution >= 0.6 is 11.6 Å². The number of benzene rings is 2. The number of ether oxygens (including phenoxy) is 1. The smallest absolute Gasteiger partial charge is 0.257 e. The molecule has 32 heavy (non-hydrogen) atoms. The first-order valence-electron chi connectivity index (χ1n) is 10.5. The summed E-state index contributed by atoms with van der Waals surface area (Å²) in [6.07, 6.45) is 4.88. The van der Waals surface area contributed by atoms with Gasteiger partial charge in [0.1, 0.15) is 5.75 Å². The van der Waals surface area contributed by atoms with Crippen molar-refractivity contribution in [3.8, 4) is 5.75 Å². The molecule has 1 aliphatic heterocycles. The highest BCUT2D eigenvalue weighted by molar-refractivity contribution is 6.31. The Hall–Kier alpha value is -3.32. The molecule has 2 amide bonds. The lowest BCUT2D eigenvalue weighted by atomic mass is 9.95. The van der Waals surface area contributed by atoms with Crippen LogP contribution in [0.1, 0.15) is 28.8 Å². The lowest BCUT2D eigenvalue weighted by Crippen LogP contribution is -2.41. The Morgan fingerprint density at radius 3 is 2.56 bits per heavy atom. The standard InChI is InChI=1S/C24H25ClN4O3/c1-32-22-8-5-19(25)15-21(22)24(31)28-13-9-18(10-14-28)23(30)27-20-6-3-17(4-7-20)16-29-12-2-11-26-29/h2-8,11-12,15,18H,9-10,13-14,16H2,1H3,(H,27,30). The highest BCUT2D eigenvalue weighted by Gasteiger charge is 2.29. The molecule has 1 aliphatic rings. The molecule has 0 unspecified atom stereocenters. The number of nitrogens with one attached hydrogen (secondary N) is 1. The molecule has 1 fully saturated rings. The van der Waals surface area contributed by atoms with E-state index >= 15 is 0 Å². The summed E-state index contributed by atoms with van der Waals surface area (Å²) in [7, 11) is 1.53. The Bertz CT molecular complexity index is 1080. The SMILES string of the molecule is COc1ccc(Cl)cc1C(=O)N1CCC(C(=O)Nc2ccc(Cn3cccn3)cc2)CC1. The predicted octanol–water partition coefficient (Wildman–Crippen LogP) is 4.08.